The number of rotatable bonds is 2. The molecule has 0 aliphatic carbocycles. The van der Waals surface area contributed by atoms with E-state index in [1.807, 2.05) is 18.2 Å². The van der Waals surface area contributed by atoms with Crippen molar-refractivity contribution in [2.75, 3.05) is 7.11 Å². The van der Waals surface area contributed by atoms with Gasteiger partial charge in [0.2, 0.25) is 0 Å². The van der Waals surface area contributed by atoms with Crippen molar-refractivity contribution in [2.24, 2.45) is 0 Å². The van der Waals surface area contributed by atoms with Crippen molar-refractivity contribution >= 4 is 21.9 Å². The Morgan fingerprint density at radius 3 is 2.57 bits per heavy atom. The van der Waals surface area contributed by atoms with Gasteiger partial charge in [-0.2, -0.15) is 0 Å². The van der Waals surface area contributed by atoms with Gasteiger partial charge in [-0.25, -0.2) is 4.79 Å². The van der Waals surface area contributed by atoms with E-state index < -0.39 is 0 Å². The minimum atomic E-state index is -0.306. The van der Waals surface area contributed by atoms with Gasteiger partial charge >= 0.3 is 5.97 Å². The fourth-order valence-corrected chi connectivity index (χ4v) is 1.58. The van der Waals surface area contributed by atoms with Gasteiger partial charge < -0.3 is 4.74 Å². The second kappa shape index (κ2) is 4.60. The molecule has 0 aromatic heterocycles. The molecule has 0 aliphatic rings. The number of ether oxygens (including phenoxy) is 1. The Morgan fingerprint density at radius 2 is 2.07 bits per heavy atom. The number of carbonyl (C=O) groups is 1. The maximum absolute atomic E-state index is 11.4. The van der Waals surface area contributed by atoms with E-state index in [9.17, 15) is 4.79 Å². The van der Waals surface area contributed by atoms with Gasteiger partial charge in [0, 0.05) is 4.47 Å². The van der Waals surface area contributed by atoms with Gasteiger partial charge in [-0.05, 0) is 39.5 Å². The van der Waals surface area contributed by atoms with Crippen LogP contribution < -0.4 is 0 Å². The summed E-state index contributed by atoms with van der Waals surface area (Å²) in [7, 11) is 1.39. The van der Waals surface area contributed by atoms with Crippen LogP contribution in [0.15, 0.2) is 22.7 Å². The molecule has 0 aliphatic heterocycles. The molecule has 2 nitrogen and oxygen atoms in total. The van der Waals surface area contributed by atoms with Crippen molar-refractivity contribution in [1.29, 1.82) is 0 Å². The third-order valence-electron chi connectivity index (χ3n) is 2.06. The third-order valence-corrected chi connectivity index (χ3v) is 2.75. The molecular weight excluding hydrogens is 244 g/mol. The molecular formula is C11H13BrO2. The molecule has 3 heteroatoms. The van der Waals surface area contributed by atoms with E-state index in [1.165, 1.54) is 7.11 Å². The van der Waals surface area contributed by atoms with Crippen LogP contribution in [0.25, 0.3) is 0 Å². The number of hydrogen-bond acceptors (Lipinski definition) is 2. The molecule has 76 valence electrons. The molecule has 0 saturated carbocycles. The maximum Gasteiger partial charge on any atom is 0.339 e. The zero-order chi connectivity index (χ0) is 10.7. The monoisotopic (exact) mass is 256 g/mol. The van der Waals surface area contributed by atoms with Crippen molar-refractivity contribution < 1.29 is 9.53 Å². The Hall–Kier alpha value is -0.830. The van der Waals surface area contributed by atoms with Gasteiger partial charge in [0.15, 0.2) is 0 Å². The molecule has 0 radical (unpaired) electrons. The average molecular weight is 257 g/mol. The summed E-state index contributed by atoms with van der Waals surface area (Å²) < 4.78 is 5.45. The Morgan fingerprint density at radius 1 is 1.43 bits per heavy atom. The predicted octanol–water partition coefficient (Wildman–Crippen LogP) is 3.36. The van der Waals surface area contributed by atoms with Gasteiger partial charge in [-0.1, -0.05) is 19.9 Å². The summed E-state index contributed by atoms with van der Waals surface area (Å²) in [4.78, 5) is 11.4. The topological polar surface area (TPSA) is 26.3 Å². The summed E-state index contributed by atoms with van der Waals surface area (Å²) >= 11 is 3.32. The van der Waals surface area contributed by atoms with E-state index in [0.717, 1.165) is 10.0 Å². The fourth-order valence-electron chi connectivity index (χ4n) is 1.17. The fraction of sp³-hybridized carbons (Fsp3) is 0.364. The van der Waals surface area contributed by atoms with Crippen molar-refractivity contribution in [3.63, 3.8) is 0 Å². The number of halogens is 1. The normalized spacial score (nSPS) is 10.4. The van der Waals surface area contributed by atoms with Crippen LogP contribution in [0, 0.1) is 0 Å². The van der Waals surface area contributed by atoms with Crippen LogP contribution >= 0.6 is 15.9 Å². The van der Waals surface area contributed by atoms with Crippen molar-refractivity contribution in [3.05, 3.63) is 33.8 Å². The lowest BCUT2D eigenvalue weighted by Gasteiger charge is -2.08. The average Bonchev–Trinajstić information content (AvgIpc) is 2.17. The van der Waals surface area contributed by atoms with Crippen LogP contribution in [0.2, 0.25) is 0 Å². The standard InChI is InChI=1S/C11H13BrO2/c1-7(2)8-4-5-10(12)9(6-8)11(13)14-3/h4-7H,1-3H3. The van der Waals surface area contributed by atoms with E-state index in [2.05, 4.69) is 34.5 Å². The Bertz CT molecular complexity index is 345. The zero-order valence-corrected chi connectivity index (χ0v) is 10.1. The largest absolute Gasteiger partial charge is 0.465 e. The summed E-state index contributed by atoms with van der Waals surface area (Å²) in [5.74, 6) is 0.103. The molecule has 0 atom stereocenters. The highest BCUT2D eigenvalue weighted by atomic mass is 79.9. The molecule has 1 aromatic rings. The van der Waals surface area contributed by atoms with E-state index in [0.29, 0.717) is 11.5 Å². The molecule has 14 heavy (non-hydrogen) atoms. The molecule has 1 aromatic carbocycles. The summed E-state index contributed by atoms with van der Waals surface area (Å²) in [6.45, 7) is 4.18. The van der Waals surface area contributed by atoms with Crippen LogP contribution in [-0.4, -0.2) is 13.1 Å². The van der Waals surface area contributed by atoms with Crippen LogP contribution in [0.5, 0.6) is 0 Å². The summed E-state index contributed by atoms with van der Waals surface area (Å²) in [5, 5.41) is 0. The molecule has 0 unspecified atom stereocenters. The van der Waals surface area contributed by atoms with Crippen LogP contribution in [0.3, 0.4) is 0 Å². The number of esters is 1. The van der Waals surface area contributed by atoms with E-state index in [-0.39, 0.29) is 5.97 Å². The number of carbonyl (C=O) groups excluding carboxylic acids is 1. The lowest BCUT2D eigenvalue weighted by Crippen LogP contribution is -2.03. The SMILES string of the molecule is COC(=O)c1cc(C(C)C)ccc1Br. The van der Waals surface area contributed by atoms with Crippen LogP contribution in [0.4, 0.5) is 0 Å². The van der Waals surface area contributed by atoms with Gasteiger partial charge in [-0.3, -0.25) is 0 Å². The lowest BCUT2D eigenvalue weighted by atomic mass is 10.0. The first-order valence-electron chi connectivity index (χ1n) is 4.44. The minimum Gasteiger partial charge on any atom is -0.465 e. The van der Waals surface area contributed by atoms with Crippen LogP contribution in [0.1, 0.15) is 35.7 Å². The number of hydrogen-bond donors (Lipinski definition) is 0. The van der Waals surface area contributed by atoms with Crippen LogP contribution in [-0.2, 0) is 4.74 Å². The summed E-state index contributed by atoms with van der Waals surface area (Å²) in [6, 6.07) is 5.74. The summed E-state index contributed by atoms with van der Waals surface area (Å²) in [5.41, 5.74) is 1.72. The van der Waals surface area contributed by atoms with Gasteiger partial charge in [-0.15, -0.1) is 0 Å². The Balaban J connectivity index is 3.15. The van der Waals surface area contributed by atoms with Crippen molar-refractivity contribution in [1.82, 2.24) is 0 Å². The van der Waals surface area contributed by atoms with E-state index in [4.69, 9.17) is 0 Å². The highest BCUT2D eigenvalue weighted by molar-refractivity contribution is 9.10. The van der Waals surface area contributed by atoms with Crippen molar-refractivity contribution in [3.8, 4) is 0 Å². The van der Waals surface area contributed by atoms with Crippen molar-refractivity contribution in [2.45, 2.75) is 19.8 Å². The minimum absolute atomic E-state index is 0.306. The highest BCUT2D eigenvalue weighted by Gasteiger charge is 2.11. The van der Waals surface area contributed by atoms with E-state index >= 15 is 0 Å². The second-order valence-electron chi connectivity index (χ2n) is 3.39. The third kappa shape index (κ3) is 2.35. The first-order chi connectivity index (χ1) is 6.56. The predicted molar refractivity (Wildman–Crippen MR) is 59.6 cm³/mol. The van der Waals surface area contributed by atoms with Gasteiger partial charge in [0.1, 0.15) is 0 Å². The first-order valence-corrected chi connectivity index (χ1v) is 5.23. The zero-order valence-electron chi connectivity index (χ0n) is 8.50. The quantitative estimate of drug-likeness (QED) is 0.759. The number of benzene rings is 1. The van der Waals surface area contributed by atoms with Gasteiger partial charge in [0.25, 0.3) is 0 Å². The molecule has 0 heterocycles. The molecule has 0 bridgehead atoms. The summed E-state index contributed by atoms with van der Waals surface area (Å²) in [6.07, 6.45) is 0. The highest BCUT2D eigenvalue weighted by Crippen LogP contribution is 2.23. The first kappa shape index (κ1) is 11.2. The smallest absolute Gasteiger partial charge is 0.339 e. The Kier molecular flexibility index (Phi) is 3.69. The number of methoxy groups -OCH3 is 1. The van der Waals surface area contributed by atoms with Gasteiger partial charge in [0.05, 0.1) is 12.7 Å². The molecule has 0 fully saturated rings. The molecule has 0 amide bonds. The lowest BCUT2D eigenvalue weighted by molar-refractivity contribution is 0.0599. The molecule has 0 spiro atoms. The maximum atomic E-state index is 11.4. The van der Waals surface area contributed by atoms with E-state index in [1.54, 1.807) is 0 Å². The molecule has 1 rings (SSSR count). The molecule has 0 saturated heterocycles. The second-order valence-corrected chi connectivity index (χ2v) is 4.24. The molecule has 0 N–H and O–H groups in total. The Labute approximate surface area is 92.4 Å².